The summed E-state index contributed by atoms with van der Waals surface area (Å²) in [6, 6.07) is -1.38. The van der Waals surface area contributed by atoms with Gasteiger partial charge in [0.25, 0.3) is 0 Å². The van der Waals surface area contributed by atoms with Crippen LogP contribution in [0.3, 0.4) is 0 Å². The normalized spacial score (nSPS) is 24.8. The number of amides is 4. The van der Waals surface area contributed by atoms with Gasteiger partial charge in [-0.2, -0.15) is 18.4 Å². The fourth-order valence-corrected chi connectivity index (χ4v) is 4.47. The predicted octanol–water partition coefficient (Wildman–Crippen LogP) is 0.947. The lowest BCUT2D eigenvalue weighted by molar-refractivity contribution is -0.175. The van der Waals surface area contributed by atoms with Crippen LogP contribution in [0, 0.1) is 22.7 Å². The molecule has 4 atom stereocenters. The van der Waals surface area contributed by atoms with Crippen LogP contribution in [0.4, 0.5) is 13.2 Å². The Morgan fingerprint density at radius 2 is 1.97 bits per heavy atom. The summed E-state index contributed by atoms with van der Waals surface area (Å²) in [4.78, 5) is 52.4. The number of carbonyl (C=O) groups excluding carboxylic acids is 4. The van der Waals surface area contributed by atoms with Gasteiger partial charge >= 0.3 is 12.1 Å². The molecule has 33 heavy (non-hydrogen) atoms. The lowest BCUT2D eigenvalue weighted by atomic mass is 9.78. The van der Waals surface area contributed by atoms with Crippen LogP contribution in [0.5, 0.6) is 0 Å². The Balaban J connectivity index is 2.25. The molecule has 4 amide bonds. The molecular formula is C21H30F3N5O4. The second kappa shape index (κ2) is 9.97. The van der Waals surface area contributed by atoms with Crippen LogP contribution >= 0.6 is 0 Å². The largest absolute Gasteiger partial charge is 0.471 e. The number of halogens is 3. The number of hydrogen-bond acceptors (Lipinski definition) is 5. The summed E-state index contributed by atoms with van der Waals surface area (Å²) in [5.41, 5.74) is -0.868. The Labute approximate surface area is 190 Å². The number of alkyl halides is 3. The number of piperidine rings is 1. The standard InChI is InChI=1S/C21H30F3N5O4/c1-12(2)8-15(28(4)16(30)13(3)27-19(33)21(22,23)24)17(31)29-11-20(9-14(29)10-25)6-5-7-26-18(20)32/h12-15H,5-9,11H2,1-4H3,(H,26,32)(H,27,33)/t13-,14-,15-,20+/m0/s1. The monoisotopic (exact) mass is 473 g/mol. The second-order valence-corrected chi connectivity index (χ2v) is 9.24. The van der Waals surface area contributed by atoms with Crippen LogP contribution in [0.1, 0.15) is 46.5 Å². The number of hydrogen-bond donors (Lipinski definition) is 2. The van der Waals surface area contributed by atoms with Crippen molar-refractivity contribution in [3.05, 3.63) is 0 Å². The smallest absolute Gasteiger partial charge is 0.356 e. The average Bonchev–Trinajstić information content (AvgIpc) is 3.11. The SMILES string of the molecule is CC(C)C[C@@H](C(=O)N1C[C@@]2(CCCNC2=O)C[C@H]1C#N)N(C)C(=O)[C@H](C)NC(=O)C(F)(F)F. The molecule has 0 bridgehead atoms. The van der Waals surface area contributed by atoms with E-state index in [0.29, 0.717) is 13.0 Å². The summed E-state index contributed by atoms with van der Waals surface area (Å²) in [6.45, 7) is 5.30. The number of nitriles is 1. The van der Waals surface area contributed by atoms with E-state index < -0.39 is 47.4 Å². The first kappa shape index (κ1) is 26.4. The summed E-state index contributed by atoms with van der Waals surface area (Å²) in [6.07, 6.45) is -3.52. The first-order valence-corrected chi connectivity index (χ1v) is 10.9. The van der Waals surface area contributed by atoms with E-state index in [1.165, 1.54) is 11.9 Å². The number of likely N-dealkylation sites (N-methyl/N-ethyl adjacent to an activating group) is 1. The first-order valence-electron chi connectivity index (χ1n) is 10.9. The van der Waals surface area contributed by atoms with Crippen LogP contribution in [0.2, 0.25) is 0 Å². The van der Waals surface area contributed by atoms with Crippen LogP contribution in [-0.4, -0.2) is 77.9 Å². The molecule has 2 aliphatic rings. The summed E-state index contributed by atoms with van der Waals surface area (Å²) in [7, 11) is 1.28. The first-order chi connectivity index (χ1) is 15.2. The maximum Gasteiger partial charge on any atom is 0.471 e. The molecule has 12 heteroatoms. The van der Waals surface area contributed by atoms with E-state index in [9.17, 15) is 37.6 Å². The molecule has 0 aromatic rings. The Kier molecular flexibility index (Phi) is 7.98. The molecule has 0 aliphatic carbocycles. The van der Waals surface area contributed by atoms with Crippen molar-refractivity contribution in [2.45, 2.75) is 70.8 Å². The van der Waals surface area contributed by atoms with Gasteiger partial charge in [-0.15, -0.1) is 0 Å². The average molecular weight is 473 g/mol. The van der Waals surface area contributed by atoms with Gasteiger partial charge in [-0.05, 0) is 38.5 Å². The fourth-order valence-electron chi connectivity index (χ4n) is 4.47. The molecule has 184 valence electrons. The molecule has 9 nitrogen and oxygen atoms in total. The van der Waals surface area contributed by atoms with Crippen molar-refractivity contribution in [3.8, 4) is 6.07 Å². The molecule has 2 fully saturated rings. The van der Waals surface area contributed by atoms with E-state index in [1.54, 1.807) is 5.32 Å². The Morgan fingerprint density at radius 3 is 2.48 bits per heavy atom. The molecule has 0 unspecified atom stereocenters. The highest BCUT2D eigenvalue weighted by atomic mass is 19.4. The minimum Gasteiger partial charge on any atom is -0.356 e. The number of likely N-dealkylation sites (tertiary alicyclic amines) is 1. The molecule has 2 rings (SSSR count). The van der Waals surface area contributed by atoms with Crippen molar-refractivity contribution in [1.29, 1.82) is 5.26 Å². The van der Waals surface area contributed by atoms with E-state index in [2.05, 4.69) is 11.4 Å². The molecule has 2 aliphatic heterocycles. The third-order valence-electron chi connectivity index (χ3n) is 6.24. The maximum atomic E-state index is 13.5. The van der Waals surface area contributed by atoms with Crippen LogP contribution in [-0.2, 0) is 19.2 Å². The van der Waals surface area contributed by atoms with E-state index in [4.69, 9.17) is 0 Å². The lowest BCUT2D eigenvalue weighted by Crippen LogP contribution is -2.56. The number of rotatable bonds is 6. The molecule has 0 radical (unpaired) electrons. The quantitative estimate of drug-likeness (QED) is 0.595. The number of nitrogens with one attached hydrogen (secondary N) is 2. The van der Waals surface area contributed by atoms with Gasteiger partial charge in [0.2, 0.25) is 17.7 Å². The zero-order valence-electron chi connectivity index (χ0n) is 19.2. The van der Waals surface area contributed by atoms with Crippen LogP contribution < -0.4 is 10.6 Å². The van der Waals surface area contributed by atoms with Gasteiger partial charge in [0.15, 0.2) is 0 Å². The van der Waals surface area contributed by atoms with Crippen LogP contribution in [0.15, 0.2) is 0 Å². The molecular weight excluding hydrogens is 443 g/mol. The van der Waals surface area contributed by atoms with E-state index in [0.717, 1.165) is 18.2 Å². The van der Waals surface area contributed by atoms with Crippen molar-refractivity contribution in [2.24, 2.45) is 11.3 Å². The minimum absolute atomic E-state index is 0.0346. The zero-order valence-corrected chi connectivity index (χ0v) is 19.2. The van der Waals surface area contributed by atoms with Gasteiger partial charge in [0, 0.05) is 20.1 Å². The molecule has 0 aromatic carbocycles. The van der Waals surface area contributed by atoms with Gasteiger partial charge in [-0.1, -0.05) is 13.8 Å². The van der Waals surface area contributed by atoms with E-state index in [1.807, 2.05) is 13.8 Å². The number of carbonyl (C=O) groups is 4. The van der Waals surface area contributed by atoms with Crippen molar-refractivity contribution < 1.29 is 32.3 Å². The Bertz CT molecular complexity index is 841. The van der Waals surface area contributed by atoms with Gasteiger partial charge < -0.3 is 20.4 Å². The Hall–Kier alpha value is -2.84. The predicted molar refractivity (Wildman–Crippen MR) is 110 cm³/mol. The van der Waals surface area contributed by atoms with Crippen molar-refractivity contribution in [2.75, 3.05) is 20.1 Å². The summed E-state index contributed by atoms with van der Waals surface area (Å²) in [5.74, 6) is -3.94. The van der Waals surface area contributed by atoms with Gasteiger partial charge in [-0.3, -0.25) is 19.2 Å². The third-order valence-corrected chi connectivity index (χ3v) is 6.24. The fraction of sp³-hybridized carbons (Fsp3) is 0.762. The summed E-state index contributed by atoms with van der Waals surface area (Å²) >= 11 is 0. The molecule has 1 spiro atoms. The van der Waals surface area contributed by atoms with Crippen molar-refractivity contribution in [3.63, 3.8) is 0 Å². The molecule has 2 saturated heterocycles. The molecule has 2 N–H and O–H groups in total. The Morgan fingerprint density at radius 1 is 1.33 bits per heavy atom. The van der Waals surface area contributed by atoms with E-state index >= 15 is 0 Å². The van der Waals surface area contributed by atoms with Gasteiger partial charge in [0.05, 0.1) is 11.5 Å². The topological polar surface area (TPSA) is 123 Å². The summed E-state index contributed by atoms with van der Waals surface area (Å²) in [5, 5.41) is 14.0. The van der Waals surface area contributed by atoms with Gasteiger partial charge in [-0.25, -0.2) is 0 Å². The molecule has 2 heterocycles. The molecule has 0 saturated carbocycles. The highest BCUT2D eigenvalue weighted by molar-refractivity contribution is 5.93. The highest BCUT2D eigenvalue weighted by Crippen LogP contribution is 2.41. The lowest BCUT2D eigenvalue weighted by Gasteiger charge is -2.35. The second-order valence-electron chi connectivity index (χ2n) is 9.24. The van der Waals surface area contributed by atoms with Gasteiger partial charge in [0.1, 0.15) is 18.1 Å². The number of nitrogens with zero attached hydrogens (tertiary/aromatic N) is 3. The van der Waals surface area contributed by atoms with Crippen LogP contribution in [0.25, 0.3) is 0 Å². The van der Waals surface area contributed by atoms with Crippen molar-refractivity contribution in [1.82, 2.24) is 20.4 Å². The van der Waals surface area contributed by atoms with Crippen molar-refractivity contribution >= 4 is 23.6 Å². The van der Waals surface area contributed by atoms with E-state index in [-0.39, 0.29) is 31.2 Å². The third kappa shape index (κ3) is 5.75. The minimum atomic E-state index is -5.15. The maximum absolute atomic E-state index is 13.5. The molecule has 0 aromatic heterocycles. The summed E-state index contributed by atoms with van der Waals surface area (Å²) < 4.78 is 37.7. The zero-order chi connectivity index (χ0) is 25.1. The highest BCUT2D eigenvalue weighted by Gasteiger charge is 2.53.